The van der Waals surface area contributed by atoms with Gasteiger partial charge in [-0.05, 0) is 62.9 Å². The Morgan fingerprint density at radius 2 is 1.43 bits per heavy atom. The highest BCUT2D eigenvalue weighted by atomic mass is 19.4. The standard InChI is InChI=1S/C28H31F6NO5/c1-25(2,3)40-24(37)35-12-10-26(11-13-35,19-8-6-5-7-9-19)17-39-22(23(36)38-4)18-14-20(27(29,30)31)16-21(15-18)28(32,33)34/h5-9,14-16,22H,10-13,17H2,1-4H3. The molecule has 0 spiro atoms. The second-order valence-electron chi connectivity index (χ2n) is 10.7. The van der Waals surface area contributed by atoms with Crippen LogP contribution in [0, 0.1) is 0 Å². The summed E-state index contributed by atoms with van der Waals surface area (Å²) in [6, 6.07) is 9.85. The van der Waals surface area contributed by atoms with Crippen molar-refractivity contribution in [2.24, 2.45) is 0 Å². The van der Waals surface area contributed by atoms with Gasteiger partial charge in [-0.3, -0.25) is 0 Å². The fourth-order valence-electron chi connectivity index (χ4n) is 4.53. The maximum Gasteiger partial charge on any atom is 0.416 e. The fraction of sp³-hybridized carbons (Fsp3) is 0.500. The summed E-state index contributed by atoms with van der Waals surface area (Å²) in [4.78, 5) is 26.8. The number of methoxy groups -OCH3 is 1. The normalized spacial score (nSPS) is 16.8. The Bertz CT molecular complexity index is 1150. The summed E-state index contributed by atoms with van der Waals surface area (Å²) in [5.74, 6) is -1.15. The molecule has 6 nitrogen and oxygen atoms in total. The maximum absolute atomic E-state index is 13.5. The molecule has 2 aromatic carbocycles. The molecule has 0 radical (unpaired) electrons. The van der Waals surface area contributed by atoms with Gasteiger partial charge in [0.25, 0.3) is 0 Å². The molecule has 1 aliphatic rings. The lowest BCUT2D eigenvalue weighted by atomic mass is 9.73. The molecule has 0 aliphatic carbocycles. The van der Waals surface area contributed by atoms with Gasteiger partial charge in [-0.25, -0.2) is 9.59 Å². The SMILES string of the molecule is COC(=O)C(OCC1(c2ccccc2)CCN(C(=O)OC(C)(C)C)CC1)c1cc(C(F)(F)F)cc(C(F)(F)F)c1. The lowest BCUT2D eigenvalue weighted by Crippen LogP contribution is -2.48. The van der Waals surface area contributed by atoms with Crippen LogP contribution in [0.4, 0.5) is 31.1 Å². The minimum atomic E-state index is -5.10. The summed E-state index contributed by atoms with van der Waals surface area (Å²) in [7, 11) is 0.962. The number of ether oxygens (including phenoxy) is 3. The number of nitrogens with zero attached hydrogens (tertiary/aromatic N) is 1. The van der Waals surface area contributed by atoms with Crippen LogP contribution >= 0.6 is 0 Å². The number of piperidine rings is 1. The van der Waals surface area contributed by atoms with E-state index < -0.39 is 58.2 Å². The number of carbonyl (C=O) groups excluding carboxylic acids is 2. The lowest BCUT2D eigenvalue weighted by Gasteiger charge is -2.42. The molecule has 0 saturated carbocycles. The minimum Gasteiger partial charge on any atom is -0.467 e. The van der Waals surface area contributed by atoms with Crippen LogP contribution in [0.5, 0.6) is 0 Å². The van der Waals surface area contributed by atoms with E-state index in [1.54, 1.807) is 39.0 Å². The van der Waals surface area contributed by atoms with E-state index >= 15 is 0 Å². The van der Waals surface area contributed by atoms with Crippen LogP contribution in [0.1, 0.15) is 62.0 Å². The molecule has 1 fully saturated rings. The first-order valence-corrected chi connectivity index (χ1v) is 12.5. The molecule has 40 heavy (non-hydrogen) atoms. The van der Waals surface area contributed by atoms with Crippen LogP contribution in [0.3, 0.4) is 0 Å². The highest BCUT2D eigenvalue weighted by molar-refractivity contribution is 5.76. The Labute approximate surface area is 228 Å². The largest absolute Gasteiger partial charge is 0.467 e. The number of esters is 1. The van der Waals surface area contributed by atoms with Crippen LogP contribution < -0.4 is 0 Å². The van der Waals surface area contributed by atoms with Gasteiger partial charge in [0.05, 0.1) is 24.8 Å². The first-order valence-electron chi connectivity index (χ1n) is 12.5. The van der Waals surface area contributed by atoms with Crippen LogP contribution in [-0.2, 0) is 36.8 Å². The van der Waals surface area contributed by atoms with E-state index in [4.69, 9.17) is 14.2 Å². The molecule has 2 aromatic rings. The minimum absolute atomic E-state index is 0.0182. The van der Waals surface area contributed by atoms with Gasteiger partial charge in [-0.2, -0.15) is 26.3 Å². The smallest absolute Gasteiger partial charge is 0.416 e. The zero-order valence-electron chi connectivity index (χ0n) is 22.5. The summed E-state index contributed by atoms with van der Waals surface area (Å²) in [6.45, 7) is 5.47. The second-order valence-corrected chi connectivity index (χ2v) is 10.7. The van der Waals surface area contributed by atoms with Crippen molar-refractivity contribution in [2.75, 3.05) is 26.8 Å². The average Bonchev–Trinajstić information content (AvgIpc) is 2.87. The van der Waals surface area contributed by atoms with Crippen molar-refractivity contribution in [1.29, 1.82) is 0 Å². The van der Waals surface area contributed by atoms with E-state index in [9.17, 15) is 35.9 Å². The van der Waals surface area contributed by atoms with Crippen molar-refractivity contribution in [2.45, 2.75) is 63.1 Å². The zero-order chi connectivity index (χ0) is 29.9. The number of hydrogen-bond acceptors (Lipinski definition) is 5. The highest BCUT2D eigenvalue weighted by Crippen LogP contribution is 2.41. The molecule has 1 aliphatic heterocycles. The first-order chi connectivity index (χ1) is 18.4. The van der Waals surface area contributed by atoms with Crippen LogP contribution in [0.15, 0.2) is 48.5 Å². The van der Waals surface area contributed by atoms with Gasteiger partial charge < -0.3 is 19.1 Å². The van der Waals surface area contributed by atoms with E-state index in [0.717, 1.165) is 12.7 Å². The van der Waals surface area contributed by atoms with E-state index in [1.807, 2.05) is 12.1 Å². The molecule has 3 rings (SSSR count). The third-order valence-corrected chi connectivity index (χ3v) is 6.61. The van der Waals surface area contributed by atoms with E-state index in [2.05, 4.69) is 0 Å². The predicted molar refractivity (Wildman–Crippen MR) is 132 cm³/mol. The third kappa shape index (κ3) is 7.67. The quantitative estimate of drug-likeness (QED) is 0.276. The number of carbonyl (C=O) groups is 2. The molecular formula is C28H31F6NO5. The molecule has 12 heteroatoms. The molecule has 1 saturated heterocycles. The van der Waals surface area contributed by atoms with Gasteiger partial charge in [0.2, 0.25) is 0 Å². The lowest BCUT2D eigenvalue weighted by molar-refractivity contribution is -0.157. The van der Waals surface area contributed by atoms with Crippen molar-refractivity contribution >= 4 is 12.1 Å². The fourth-order valence-corrected chi connectivity index (χ4v) is 4.53. The number of hydrogen-bond donors (Lipinski definition) is 0. The Hall–Kier alpha value is -3.28. The molecule has 1 unspecified atom stereocenters. The van der Waals surface area contributed by atoms with E-state index in [0.29, 0.717) is 25.0 Å². The third-order valence-electron chi connectivity index (χ3n) is 6.61. The molecular weight excluding hydrogens is 544 g/mol. The number of halogens is 6. The Balaban J connectivity index is 1.95. The monoisotopic (exact) mass is 575 g/mol. The Morgan fingerprint density at radius 1 is 0.900 bits per heavy atom. The maximum atomic E-state index is 13.5. The number of amides is 1. The second kappa shape index (κ2) is 11.7. The van der Waals surface area contributed by atoms with Gasteiger partial charge in [0.1, 0.15) is 5.60 Å². The number of alkyl halides is 6. The van der Waals surface area contributed by atoms with Gasteiger partial charge in [-0.1, -0.05) is 30.3 Å². The molecule has 1 atom stereocenters. The zero-order valence-corrected chi connectivity index (χ0v) is 22.5. The Kier molecular flexibility index (Phi) is 9.12. The predicted octanol–water partition coefficient (Wildman–Crippen LogP) is 6.92. The van der Waals surface area contributed by atoms with Crippen molar-refractivity contribution in [3.8, 4) is 0 Å². The summed E-state index contributed by atoms with van der Waals surface area (Å²) in [6.07, 6.45) is -11.9. The number of benzene rings is 2. The van der Waals surface area contributed by atoms with Gasteiger partial charge in [0, 0.05) is 18.5 Å². The summed E-state index contributed by atoms with van der Waals surface area (Å²) in [5.41, 5.74) is -4.51. The van der Waals surface area contributed by atoms with E-state index in [-0.39, 0.29) is 25.8 Å². The molecule has 0 bridgehead atoms. The highest BCUT2D eigenvalue weighted by Gasteiger charge is 2.42. The van der Waals surface area contributed by atoms with Crippen LogP contribution in [0.25, 0.3) is 0 Å². The number of rotatable bonds is 6. The van der Waals surface area contributed by atoms with Gasteiger partial charge in [-0.15, -0.1) is 0 Å². The molecule has 0 N–H and O–H groups in total. The van der Waals surface area contributed by atoms with Crippen molar-refractivity contribution < 1.29 is 50.1 Å². The summed E-state index contributed by atoms with van der Waals surface area (Å²) < 4.78 is 96.9. The summed E-state index contributed by atoms with van der Waals surface area (Å²) >= 11 is 0. The molecule has 1 heterocycles. The summed E-state index contributed by atoms with van der Waals surface area (Å²) in [5, 5.41) is 0. The molecule has 1 amide bonds. The average molecular weight is 576 g/mol. The Morgan fingerprint density at radius 3 is 1.88 bits per heavy atom. The topological polar surface area (TPSA) is 65.1 Å². The van der Waals surface area contributed by atoms with Crippen molar-refractivity contribution in [1.82, 2.24) is 4.90 Å². The van der Waals surface area contributed by atoms with Crippen molar-refractivity contribution in [3.63, 3.8) is 0 Å². The number of likely N-dealkylation sites (tertiary alicyclic amines) is 1. The first kappa shape index (κ1) is 31.3. The molecule has 220 valence electrons. The van der Waals surface area contributed by atoms with Gasteiger partial charge in [0.15, 0.2) is 6.10 Å². The van der Waals surface area contributed by atoms with Crippen molar-refractivity contribution in [3.05, 3.63) is 70.8 Å². The van der Waals surface area contributed by atoms with Crippen LogP contribution in [-0.4, -0.2) is 49.4 Å². The van der Waals surface area contributed by atoms with Gasteiger partial charge >= 0.3 is 24.4 Å². The van der Waals surface area contributed by atoms with E-state index in [1.165, 1.54) is 4.90 Å². The molecule has 0 aromatic heterocycles. The van der Waals surface area contributed by atoms with Crippen LogP contribution in [0.2, 0.25) is 0 Å².